The minimum absolute atomic E-state index is 0.106. The molecule has 1 aromatic heterocycles. The molecule has 0 radical (unpaired) electrons. The summed E-state index contributed by atoms with van der Waals surface area (Å²) in [4.78, 5) is 11.9. The van der Waals surface area contributed by atoms with E-state index in [2.05, 4.69) is 4.72 Å². The minimum Gasteiger partial charge on any atom is -0.461 e. The van der Waals surface area contributed by atoms with Crippen LogP contribution in [0.15, 0.2) is 11.0 Å². The second kappa shape index (κ2) is 6.19. The van der Waals surface area contributed by atoms with Crippen molar-refractivity contribution in [3.05, 3.63) is 17.5 Å². The van der Waals surface area contributed by atoms with Gasteiger partial charge in [-0.15, -0.1) is 0 Å². The van der Waals surface area contributed by atoms with E-state index in [1.165, 1.54) is 10.6 Å². The van der Waals surface area contributed by atoms with Crippen LogP contribution in [0.5, 0.6) is 0 Å². The molecule has 1 rings (SSSR count). The van der Waals surface area contributed by atoms with E-state index in [1.54, 1.807) is 20.9 Å². The third kappa shape index (κ3) is 3.85. The summed E-state index contributed by atoms with van der Waals surface area (Å²) in [6, 6.07) is 1.36. The number of carbonyl (C=O) groups is 1. The molecule has 0 saturated carbocycles. The first-order valence-electron chi connectivity index (χ1n) is 6.93. The number of nitrogens with zero attached hydrogens (tertiary/aromatic N) is 1. The highest BCUT2D eigenvalue weighted by molar-refractivity contribution is 7.89. The third-order valence-corrected chi connectivity index (χ3v) is 5.37. The molecule has 1 heterocycles. The first-order chi connectivity index (χ1) is 9.55. The monoisotopic (exact) mass is 316 g/mol. The van der Waals surface area contributed by atoms with Crippen molar-refractivity contribution in [2.24, 2.45) is 7.05 Å². The molecule has 0 aliphatic rings. The van der Waals surface area contributed by atoms with Crippen molar-refractivity contribution < 1.29 is 17.9 Å². The largest absolute Gasteiger partial charge is 0.461 e. The Morgan fingerprint density at radius 1 is 1.38 bits per heavy atom. The topological polar surface area (TPSA) is 77.4 Å². The van der Waals surface area contributed by atoms with E-state index in [1.807, 2.05) is 20.8 Å². The van der Waals surface area contributed by atoms with Gasteiger partial charge in [-0.25, -0.2) is 17.9 Å². The molecule has 1 N–H and O–H groups in total. The van der Waals surface area contributed by atoms with Crippen molar-refractivity contribution in [3.8, 4) is 0 Å². The maximum absolute atomic E-state index is 12.5. The summed E-state index contributed by atoms with van der Waals surface area (Å²) in [6.45, 7) is 9.15. The lowest BCUT2D eigenvalue weighted by Crippen LogP contribution is -2.42. The molecule has 0 atom stereocenters. The highest BCUT2D eigenvalue weighted by Crippen LogP contribution is 2.22. The molecule has 0 aliphatic heterocycles. The van der Waals surface area contributed by atoms with Gasteiger partial charge >= 0.3 is 5.97 Å². The van der Waals surface area contributed by atoms with Crippen LogP contribution in [0.3, 0.4) is 0 Å². The Kier molecular flexibility index (Phi) is 5.22. The number of esters is 1. The zero-order valence-corrected chi connectivity index (χ0v) is 14.3. The molecule has 0 unspecified atom stereocenters. The Hall–Kier alpha value is -1.34. The van der Waals surface area contributed by atoms with Crippen LogP contribution in [0, 0.1) is 6.92 Å². The van der Waals surface area contributed by atoms with Crippen LogP contribution in [-0.2, 0) is 21.8 Å². The summed E-state index contributed by atoms with van der Waals surface area (Å²) in [5, 5.41) is 0. The molecular formula is C14H24N2O4S. The molecule has 6 nitrogen and oxygen atoms in total. The lowest BCUT2D eigenvalue weighted by molar-refractivity contribution is 0.0515. The van der Waals surface area contributed by atoms with E-state index in [9.17, 15) is 13.2 Å². The second-order valence-corrected chi connectivity index (χ2v) is 7.25. The van der Waals surface area contributed by atoms with E-state index in [0.717, 1.165) is 0 Å². The van der Waals surface area contributed by atoms with Gasteiger partial charge in [-0.3, -0.25) is 0 Å². The molecule has 0 aliphatic carbocycles. The molecule has 7 heteroatoms. The summed E-state index contributed by atoms with van der Waals surface area (Å²) in [5.74, 6) is -0.528. The van der Waals surface area contributed by atoms with Gasteiger partial charge in [0.15, 0.2) is 0 Å². The Balaban J connectivity index is 3.26. The maximum Gasteiger partial charge on any atom is 0.354 e. The highest BCUT2D eigenvalue weighted by atomic mass is 32.2. The van der Waals surface area contributed by atoms with Crippen molar-refractivity contribution in [1.29, 1.82) is 0 Å². The van der Waals surface area contributed by atoms with Gasteiger partial charge in [0, 0.05) is 18.3 Å². The normalized spacial score (nSPS) is 12.5. The van der Waals surface area contributed by atoms with E-state index in [4.69, 9.17) is 4.74 Å². The van der Waals surface area contributed by atoms with Crippen molar-refractivity contribution in [1.82, 2.24) is 9.29 Å². The summed E-state index contributed by atoms with van der Waals surface area (Å²) in [7, 11) is -2.05. The van der Waals surface area contributed by atoms with Gasteiger partial charge < -0.3 is 9.30 Å². The molecule has 120 valence electrons. The molecule has 1 aromatic rings. The molecule has 0 aromatic carbocycles. The zero-order valence-electron chi connectivity index (χ0n) is 13.5. The van der Waals surface area contributed by atoms with Crippen LogP contribution >= 0.6 is 0 Å². The predicted octanol–water partition coefficient (Wildman–Crippen LogP) is 1.98. The van der Waals surface area contributed by atoms with Gasteiger partial charge in [0.05, 0.1) is 6.61 Å². The van der Waals surface area contributed by atoms with E-state index in [0.29, 0.717) is 12.1 Å². The standard InChI is InChI=1S/C14H24N2O4S/c1-7-14(4,5)15-21(18,19)12-9-11(13(17)20-8-2)16(6)10(12)3/h9,15H,7-8H2,1-6H3. The lowest BCUT2D eigenvalue weighted by Gasteiger charge is -2.24. The Morgan fingerprint density at radius 3 is 2.43 bits per heavy atom. The van der Waals surface area contributed by atoms with Crippen LogP contribution in [-0.4, -0.2) is 31.1 Å². The molecule has 0 spiro atoms. The minimum atomic E-state index is -3.69. The molecule has 0 amide bonds. The predicted molar refractivity (Wildman–Crippen MR) is 80.8 cm³/mol. The fourth-order valence-corrected chi connectivity index (χ4v) is 3.61. The molecular weight excluding hydrogens is 292 g/mol. The number of hydrogen-bond acceptors (Lipinski definition) is 4. The molecule has 0 bridgehead atoms. The number of sulfonamides is 1. The van der Waals surface area contributed by atoms with Gasteiger partial charge in [0.25, 0.3) is 0 Å². The van der Waals surface area contributed by atoms with Gasteiger partial charge in [-0.2, -0.15) is 0 Å². The first-order valence-corrected chi connectivity index (χ1v) is 8.41. The van der Waals surface area contributed by atoms with Crippen LogP contribution in [0.25, 0.3) is 0 Å². The smallest absolute Gasteiger partial charge is 0.354 e. The Labute approximate surface area is 126 Å². The average Bonchev–Trinajstić information content (AvgIpc) is 2.66. The maximum atomic E-state index is 12.5. The Morgan fingerprint density at radius 2 is 1.95 bits per heavy atom. The van der Waals surface area contributed by atoms with E-state index in [-0.39, 0.29) is 17.2 Å². The fraction of sp³-hybridized carbons (Fsp3) is 0.643. The van der Waals surface area contributed by atoms with Crippen LogP contribution in [0.1, 0.15) is 50.3 Å². The second-order valence-electron chi connectivity index (χ2n) is 5.60. The number of ether oxygens (including phenoxy) is 1. The number of carbonyl (C=O) groups excluding carboxylic acids is 1. The highest BCUT2D eigenvalue weighted by Gasteiger charge is 2.29. The average molecular weight is 316 g/mol. The summed E-state index contributed by atoms with van der Waals surface area (Å²) < 4.78 is 34.1. The number of hydrogen-bond donors (Lipinski definition) is 1. The van der Waals surface area contributed by atoms with Crippen LogP contribution in [0.2, 0.25) is 0 Å². The summed E-state index contributed by atoms with van der Waals surface area (Å²) >= 11 is 0. The SMILES string of the molecule is CCOC(=O)c1cc(S(=O)(=O)NC(C)(C)CC)c(C)n1C. The summed E-state index contributed by atoms with van der Waals surface area (Å²) in [6.07, 6.45) is 0.656. The lowest BCUT2D eigenvalue weighted by atomic mass is 10.0. The number of aromatic nitrogens is 1. The van der Waals surface area contributed by atoms with Gasteiger partial charge in [0.1, 0.15) is 10.6 Å². The van der Waals surface area contributed by atoms with E-state index >= 15 is 0 Å². The number of nitrogens with one attached hydrogen (secondary N) is 1. The van der Waals surface area contributed by atoms with Crippen molar-refractivity contribution in [2.45, 2.75) is 51.5 Å². The summed E-state index contributed by atoms with van der Waals surface area (Å²) in [5.41, 5.74) is 0.173. The molecule has 0 fully saturated rings. The number of rotatable bonds is 6. The third-order valence-electron chi connectivity index (χ3n) is 3.56. The van der Waals surface area contributed by atoms with Crippen LogP contribution < -0.4 is 4.72 Å². The van der Waals surface area contributed by atoms with Crippen molar-refractivity contribution in [3.63, 3.8) is 0 Å². The van der Waals surface area contributed by atoms with Gasteiger partial charge in [-0.05, 0) is 40.2 Å². The van der Waals surface area contributed by atoms with Crippen molar-refractivity contribution in [2.75, 3.05) is 6.61 Å². The zero-order chi connectivity index (χ0) is 16.4. The molecule has 21 heavy (non-hydrogen) atoms. The Bertz CT molecular complexity index is 630. The molecule has 0 saturated heterocycles. The van der Waals surface area contributed by atoms with Gasteiger partial charge in [-0.1, -0.05) is 6.92 Å². The van der Waals surface area contributed by atoms with Crippen molar-refractivity contribution >= 4 is 16.0 Å². The quantitative estimate of drug-likeness (QED) is 0.814. The fourth-order valence-electron chi connectivity index (χ4n) is 1.84. The first kappa shape index (κ1) is 17.7. The van der Waals surface area contributed by atoms with Gasteiger partial charge in [0.2, 0.25) is 10.0 Å². The van der Waals surface area contributed by atoms with Crippen LogP contribution in [0.4, 0.5) is 0 Å². The van der Waals surface area contributed by atoms with E-state index < -0.39 is 21.5 Å².